The Morgan fingerprint density at radius 1 is 1.29 bits per heavy atom. The summed E-state index contributed by atoms with van der Waals surface area (Å²) in [6.45, 7) is 0. The smallest absolute Gasteiger partial charge is 0.379 e. The molecule has 0 aliphatic carbocycles. The summed E-state index contributed by atoms with van der Waals surface area (Å²) in [5.41, 5.74) is -0.149. The molecular weight excluding hydrogens is 232 g/mol. The van der Waals surface area contributed by atoms with Crippen LogP contribution in [-0.4, -0.2) is 23.8 Å². The molecule has 1 heterocycles. The molecule has 2 rings (SSSR count). The fourth-order valence-corrected chi connectivity index (χ4v) is 1.55. The maximum absolute atomic E-state index is 13.3. The number of H-pyrrole nitrogens is 1. The normalized spacial score (nSPS) is 10.5. The van der Waals surface area contributed by atoms with Crippen LogP contribution in [-0.2, 0) is 9.53 Å². The number of esters is 1. The molecule has 0 unspecified atom stereocenters. The van der Waals surface area contributed by atoms with E-state index in [9.17, 15) is 18.4 Å². The van der Waals surface area contributed by atoms with E-state index in [-0.39, 0.29) is 16.5 Å². The van der Waals surface area contributed by atoms with Gasteiger partial charge in [0.2, 0.25) is 0 Å². The highest BCUT2D eigenvalue weighted by Gasteiger charge is 2.21. The van der Waals surface area contributed by atoms with Gasteiger partial charge in [0.1, 0.15) is 11.6 Å². The molecule has 0 bridgehead atoms. The number of halogens is 2. The molecule has 88 valence electrons. The van der Waals surface area contributed by atoms with Crippen LogP contribution in [0.5, 0.6) is 0 Å². The van der Waals surface area contributed by atoms with Crippen LogP contribution in [0.15, 0.2) is 18.3 Å². The number of hydrogen-bond acceptors (Lipinski definition) is 3. The quantitative estimate of drug-likeness (QED) is 0.494. The average molecular weight is 239 g/mol. The largest absolute Gasteiger partial charge is 0.463 e. The highest BCUT2D eigenvalue weighted by Crippen LogP contribution is 2.23. The lowest BCUT2D eigenvalue weighted by atomic mass is 10.1. The lowest BCUT2D eigenvalue weighted by Crippen LogP contribution is -2.15. The third kappa shape index (κ3) is 1.77. The molecule has 6 heteroatoms. The molecule has 4 nitrogen and oxygen atoms in total. The zero-order chi connectivity index (χ0) is 12.6. The number of benzene rings is 1. The summed E-state index contributed by atoms with van der Waals surface area (Å²) in [6, 6.07) is 1.66. The number of aromatic nitrogens is 1. The van der Waals surface area contributed by atoms with Crippen molar-refractivity contribution < 1.29 is 23.1 Å². The summed E-state index contributed by atoms with van der Waals surface area (Å²) in [7, 11) is 1.05. The number of ether oxygens (including phenoxy) is 1. The van der Waals surface area contributed by atoms with Gasteiger partial charge in [-0.15, -0.1) is 0 Å². The first kappa shape index (κ1) is 11.3. The van der Waals surface area contributed by atoms with Gasteiger partial charge in [0, 0.05) is 17.6 Å². The van der Waals surface area contributed by atoms with E-state index in [0.717, 1.165) is 19.4 Å². The van der Waals surface area contributed by atoms with Gasteiger partial charge in [0.05, 0.1) is 18.2 Å². The Bertz CT molecular complexity index is 618. The Morgan fingerprint density at radius 3 is 2.65 bits per heavy atom. The number of ketones is 1. The van der Waals surface area contributed by atoms with E-state index in [4.69, 9.17) is 0 Å². The van der Waals surface area contributed by atoms with Gasteiger partial charge in [-0.05, 0) is 6.07 Å². The van der Waals surface area contributed by atoms with Gasteiger partial charge >= 0.3 is 5.97 Å². The van der Waals surface area contributed by atoms with Crippen LogP contribution in [0.2, 0.25) is 0 Å². The molecule has 0 aliphatic heterocycles. The molecule has 1 aromatic heterocycles. The summed E-state index contributed by atoms with van der Waals surface area (Å²) in [5.74, 6) is -3.70. The van der Waals surface area contributed by atoms with Crippen LogP contribution in [0.1, 0.15) is 10.4 Å². The van der Waals surface area contributed by atoms with Crippen LogP contribution >= 0.6 is 0 Å². The molecule has 0 atom stereocenters. The van der Waals surface area contributed by atoms with E-state index in [1.165, 1.54) is 0 Å². The molecule has 0 saturated carbocycles. The Balaban J connectivity index is 2.64. The predicted octanol–water partition coefficient (Wildman–Crippen LogP) is 1.80. The zero-order valence-electron chi connectivity index (χ0n) is 8.71. The maximum atomic E-state index is 13.3. The van der Waals surface area contributed by atoms with E-state index >= 15 is 0 Å². The topological polar surface area (TPSA) is 59.2 Å². The molecule has 0 saturated heterocycles. The number of Topliss-reactive ketones (excluding diaryl/α,β-unsaturated/α-hetero) is 1. The van der Waals surface area contributed by atoms with Crippen LogP contribution in [0, 0.1) is 11.6 Å². The van der Waals surface area contributed by atoms with Crippen molar-refractivity contribution in [2.45, 2.75) is 0 Å². The fourth-order valence-electron chi connectivity index (χ4n) is 1.55. The molecule has 0 aliphatic rings. The van der Waals surface area contributed by atoms with Gasteiger partial charge in [-0.1, -0.05) is 0 Å². The standard InChI is InChI=1S/C11H7F2NO3/c1-17-11(16)10(15)7-4-14-9-6(7)2-5(12)3-8(9)13/h2-4,14H,1H3. The monoisotopic (exact) mass is 239 g/mol. The number of methoxy groups -OCH3 is 1. The van der Waals surface area contributed by atoms with Crippen molar-refractivity contribution >= 4 is 22.7 Å². The number of aromatic amines is 1. The maximum Gasteiger partial charge on any atom is 0.379 e. The number of carbonyl (C=O) groups excluding carboxylic acids is 2. The Morgan fingerprint density at radius 2 is 2.00 bits per heavy atom. The Hall–Kier alpha value is -2.24. The number of fused-ring (bicyclic) bond motifs is 1. The summed E-state index contributed by atoms with van der Waals surface area (Å²) < 4.78 is 30.6. The van der Waals surface area contributed by atoms with Gasteiger partial charge in [-0.2, -0.15) is 0 Å². The lowest BCUT2D eigenvalue weighted by molar-refractivity contribution is -0.135. The first-order chi connectivity index (χ1) is 8.04. The van der Waals surface area contributed by atoms with Gasteiger partial charge < -0.3 is 9.72 Å². The minimum Gasteiger partial charge on any atom is -0.463 e. The number of carbonyl (C=O) groups is 2. The number of rotatable bonds is 2. The van der Waals surface area contributed by atoms with Crippen molar-refractivity contribution in [2.75, 3.05) is 7.11 Å². The molecule has 0 fully saturated rings. The van der Waals surface area contributed by atoms with Gasteiger partial charge in [0.15, 0.2) is 0 Å². The van der Waals surface area contributed by atoms with E-state index in [0.29, 0.717) is 6.07 Å². The van der Waals surface area contributed by atoms with Crippen molar-refractivity contribution in [1.29, 1.82) is 0 Å². The summed E-state index contributed by atoms with van der Waals surface area (Å²) in [5, 5.41) is 0.0119. The molecule has 0 spiro atoms. The van der Waals surface area contributed by atoms with Crippen molar-refractivity contribution in [2.24, 2.45) is 0 Å². The summed E-state index contributed by atoms with van der Waals surface area (Å²) >= 11 is 0. The molecule has 1 N–H and O–H groups in total. The highest BCUT2D eigenvalue weighted by atomic mass is 19.1. The highest BCUT2D eigenvalue weighted by molar-refractivity contribution is 6.42. The van der Waals surface area contributed by atoms with Crippen molar-refractivity contribution in [3.63, 3.8) is 0 Å². The molecule has 2 aromatic rings. The second-order valence-corrected chi connectivity index (χ2v) is 3.33. The van der Waals surface area contributed by atoms with Gasteiger partial charge in [0.25, 0.3) is 5.78 Å². The predicted molar refractivity (Wildman–Crippen MR) is 54.6 cm³/mol. The van der Waals surface area contributed by atoms with Crippen LogP contribution < -0.4 is 0 Å². The summed E-state index contributed by atoms with van der Waals surface area (Å²) in [4.78, 5) is 25.1. The molecule has 0 amide bonds. The Labute approximate surface area is 94.2 Å². The molecule has 0 radical (unpaired) electrons. The lowest BCUT2D eigenvalue weighted by Gasteiger charge is -1.98. The van der Waals surface area contributed by atoms with E-state index in [2.05, 4.69) is 9.72 Å². The second-order valence-electron chi connectivity index (χ2n) is 3.33. The Kier molecular flexibility index (Phi) is 2.63. The van der Waals surface area contributed by atoms with Gasteiger partial charge in [-0.25, -0.2) is 13.6 Å². The SMILES string of the molecule is COC(=O)C(=O)c1c[nH]c2c(F)cc(F)cc12. The van der Waals surface area contributed by atoms with Crippen molar-refractivity contribution in [1.82, 2.24) is 4.98 Å². The number of nitrogens with one attached hydrogen (secondary N) is 1. The summed E-state index contributed by atoms with van der Waals surface area (Å²) in [6.07, 6.45) is 1.15. The van der Waals surface area contributed by atoms with E-state index < -0.39 is 23.4 Å². The minimum atomic E-state index is -1.09. The van der Waals surface area contributed by atoms with Crippen molar-refractivity contribution in [3.8, 4) is 0 Å². The molecule has 17 heavy (non-hydrogen) atoms. The molecular formula is C11H7F2NO3. The van der Waals surface area contributed by atoms with Crippen molar-refractivity contribution in [3.05, 3.63) is 35.5 Å². The third-order valence-corrected chi connectivity index (χ3v) is 2.32. The second kappa shape index (κ2) is 3.97. The first-order valence-electron chi connectivity index (χ1n) is 4.63. The minimum absolute atomic E-state index is 0.0119. The third-order valence-electron chi connectivity index (χ3n) is 2.32. The van der Waals surface area contributed by atoms with Crippen LogP contribution in [0.4, 0.5) is 8.78 Å². The van der Waals surface area contributed by atoms with Crippen LogP contribution in [0.25, 0.3) is 10.9 Å². The number of hydrogen-bond donors (Lipinski definition) is 1. The average Bonchev–Trinajstić information content (AvgIpc) is 2.70. The van der Waals surface area contributed by atoms with E-state index in [1.807, 2.05) is 0 Å². The van der Waals surface area contributed by atoms with Crippen LogP contribution in [0.3, 0.4) is 0 Å². The first-order valence-corrected chi connectivity index (χ1v) is 4.63. The zero-order valence-corrected chi connectivity index (χ0v) is 8.71. The van der Waals surface area contributed by atoms with E-state index in [1.54, 1.807) is 0 Å². The molecule has 1 aromatic carbocycles. The van der Waals surface area contributed by atoms with Gasteiger partial charge in [-0.3, -0.25) is 4.79 Å². The fraction of sp³-hybridized carbons (Fsp3) is 0.0909.